The topological polar surface area (TPSA) is 62.9 Å². The summed E-state index contributed by atoms with van der Waals surface area (Å²) in [6.45, 7) is 6.66. The number of aryl methyl sites for hydroxylation is 1. The summed E-state index contributed by atoms with van der Waals surface area (Å²) in [5, 5.41) is 10.5. The number of allylic oxidation sites excluding steroid dienone is 1. The van der Waals surface area contributed by atoms with E-state index >= 15 is 0 Å². The predicted molar refractivity (Wildman–Crippen MR) is 98.2 cm³/mol. The lowest BCUT2D eigenvalue weighted by molar-refractivity contribution is 0.101. The van der Waals surface area contributed by atoms with Gasteiger partial charge in [-0.15, -0.1) is 0 Å². The highest BCUT2D eigenvalue weighted by molar-refractivity contribution is 6.15. The van der Waals surface area contributed by atoms with E-state index in [1.807, 2.05) is 6.92 Å². The summed E-state index contributed by atoms with van der Waals surface area (Å²) in [7, 11) is 0. The maximum atomic E-state index is 12.8. The molecule has 0 amide bonds. The van der Waals surface area contributed by atoms with Crippen LogP contribution >= 0.6 is 0 Å². The number of hydrogen-bond acceptors (Lipinski definition) is 5. The van der Waals surface area contributed by atoms with Crippen LogP contribution in [0.5, 0.6) is 11.5 Å². The smallest absolute Gasteiger partial charge is 0.232 e. The second-order valence-corrected chi connectivity index (χ2v) is 7.31. The summed E-state index contributed by atoms with van der Waals surface area (Å²) >= 11 is 0. The minimum atomic E-state index is -0.164. The summed E-state index contributed by atoms with van der Waals surface area (Å²) in [5.41, 5.74) is 1.96. The molecule has 0 aliphatic carbocycles. The van der Waals surface area contributed by atoms with Crippen LogP contribution in [0.2, 0.25) is 0 Å². The summed E-state index contributed by atoms with van der Waals surface area (Å²) in [6.07, 6.45) is 5.46. The number of rotatable bonds is 3. The molecular weight excluding hydrogens is 330 g/mol. The van der Waals surface area contributed by atoms with E-state index in [0.717, 1.165) is 37.4 Å². The van der Waals surface area contributed by atoms with Gasteiger partial charge in [0.25, 0.3) is 0 Å². The van der Waals surface area contributed by atoms with Crippen molar-refractivity contribution < 1.29 is 19.1 Å². The predicted octanol–water partition coefficient (Wildman–Crippen LogP) is 4.14. The molecule has 0 bridgehead atoms. The highest BCUT2D eigenvalue weighted by Gasteiger charge is 2.34. The first-order chi connectivity index (χ1) is 12.5. The molecule has 3 heterocycles. The Balaban J connectivity index is 1.67. The Morgan fingerprint density at radius 2 is 2.12 bits per heavy atom. The minimum Gasteiger partial charge on any atom is -0.507 e. The normalized spacial score (nSPS) is 19.8. The fourth-order valence-electron chi connectivity index (χ4n) is 3.68. The molecule has 0 radical (unpaired) electrons. The first kappa shape index (κ1) is 16.9. The molecule has 2 aliphatic rings. The van der Waals surface area contributed by atoms with Crippen molar-refractivity contribution in [3.8, 4) is 11.5 Å². The summed E-state index contributed by atoms with van der Waals surface area (Å²) in [5.74, 6) is 2.05. The van der Waals surface area contributed by atoms with Crippen molar-refractivity contribution in [2.75, 3.05) is 13.1 Å². The number of carbonyl (C=O) groups excluding carboxylic acids is 1. The molecule has 5 heteroatoms. The number of hydrogen-bond donors (Lipinski definition) is 1. The molecular formula is C21H23NO4. The SMILES string of the molecule is Cc1cc(O)c(CN2CCC(C)CC2)c2c1C(=O)/C(=C/c1ccco1)O2. The molecule has 4 rings (SSSR count). The second kappa shape index (κ2) is 6.65. The zero-order chi connectivity index (χ0) is 18.3. The Hall–Kier alpha value is -2.53. The van der Waals surface area contributed by atoms with Crippen molar-refractivity contribution in [3.05, 3.63) is 52.7 Å². The number of benzene rings is 1. The Labute approximate surface area is 152 Å². The quantitative estimate of drug-likeness (QED) is 0.840. The summed E-state index contributed by atoms with van der Waals surface area (Å²) in [6, 6.07) is 5.20. The maximum absolute atomic E-state index is 12.8. The fraction of sp³-hybridized carbons (Fsp3) is 0.381. The molecule has 1 aromatic carbocycles. The van der Waals surface area contributed by atoms with Gasteiger partial charge < -0.3 is 14.3 Å². The van der Waals surface area contributed by atoms with Crippen LogP contribution in [-0.4, -0.2) is 28.9 Å². The Morgan fingerprint density at radius 1 is 1.35 bits per heavy atom. The Kier molecular flexibility index (Phi) is 4.32. The van der Waals surface area contributed by atoms with Gasteiger partial charge in [-0.2, -0.15) is 0 Å². The third kappa shape index (κ3) is 3.03. The first-order valence-electron chi connectivity index (χ1n) is 9.08. The third-order valence-electron chi connectivity index (χ3n) is 5.30. The van der Waals surface area contributed by atoms with Gasteiger partial charge in [-0.25, -0.2) is 0 Å². The van der Waals surface area contributed by atoms with Gasteiger partial charge in [0.2, 0.25) is 5.78 Å². The third-order valence-corrected chi connectivity index (χ3v) is 5.30. The van der Waals surface area contributed by atoms with Gasteiger partial charge >= 0.3 is 0 Å². The number of likely N-dealkylation sites (tertiary alicyclic amines) is 1. The number of ketones is 1. The van der Waals surface area contributed by atoms with Crippen LogP contribution in [0.3, 0.4) is 0 Å². The van der Waals surface area contributed by atoms with Gasteiger partial charge in [-0.05, 0) is 62.5 Å². The molecule has 0 spiro atoms. The van der Waals surface area contributed by atoms with Gasteiger partial charge in [0, 0.05) is 12.6 Å². The fourth-order valence-corrected chi connectivity index (χ4v) is 3.68. The lowest BCUT2D eigenvalue weighted by atomic mass is 9.96. The summed E-state index contributed by atoms with van der Waals surface area (Å²) in [4.78, 5) is 15.1. The molecule has 1 N–H and O–H groups in total. The van der Waals surface area contributed by atoms with Crippen LogP contribution in [0.4, 0.5) is 0 Å². The second-order valence-electron chi connectivity index (χ2n) is 7.31. The van der Waals surface area contributed by atoms with Crippen LogP contribution in [0.1, 0.15) is 47.0 Å². The van der Waals surface area contributed by atoms with E-state index in [-0.39, 0.29) is 17.3 Å². The number of aromatic hydroxyl groups is 1. The van der Waals surface area contributed by atoms with Crippen LogP contribution in [0, 0.1) is 12.8 Å². The number of ether oxygens (including phenoxy) is 1. The lowest BCUT2D eigenvalue weighted by Crippen LogP contribution is -2.32. The van der Waals surface area contributed by atoms with Crippen molar-refractivity contribution in [3.63, 3.8) is 0 Å². The summed E-state index contributed by atoms with van der Waals surface area (Å²) < 4.78 is 11.2. The number of furan rings is 1. The van der Waals surface area contributed by atoms with Gasteiger partial charge in [0.15, 0.2) is 5.76 Å². The number of fused-ring (bicyclic) bond motifs is 1. The molecule has 1 aromatic heterocycles. The molecule has 1 saturated heterocycles. The number of phenolic OH excluding ortho intramolecular Hbond substituents is 1. The minimum absolute atomic E-state index is 0.164. The highest BCUT2D eigenvalue weighted by Crippen LogP contribution is 2.42. The number of nitrogens with zero attached hydrogens (tertiary/aromatic N) is 1. The molecule has 136 valence electrons. The van der Waals surface area contributed by atoms with Gasteiger partial charge in [-0.3, -0.25) is 9.69 Å². The van der Waals surface area contributed by atoms with Gasteiger partial charge in [0.05, 0.1) is 17.4 Å². The molecule has 0 atom stereocenters. The van der Waals surface area contributed by atoms with Crippen molar-refractivity contribution in [1.29, 1.82) is 0 Å². The van der Waals surface area contributed by atoms with Crippen molar-refractivity contribution in [2.24, 2.45) is 5.92 Å². The van der Waals surface area contributed by atoms with E-state index in [1.165, 1.54) is 0 Å². The average molecular weight is 353 g/mol. The molecule has 5 nitrogen and oxygen atoms in total. The maximum Gasteiger partial charge on any atom is 0.232 e. The van der Waals surface area contributed by atoms with E-state index in [9.17, 15) is 9.90 Å². The van der Waals surface area contributed by atoms with Crippen LogP contribution in [0.15, 0.2) is 34.6 Å². The van der Waals surface area contributed by atoms with Crippen LogP contribution in [0.25, 0.3) is 6.08 Å². The monoisotopic (exact) mass is 353 g/mol. The van der Waals surface area contributed by atoms with Gasteiger partial charge in [0.1, 0.15) is 17.3 Å². The largest absolute Gasteiger partial charge is 0.507 e. The molecule has 0 saturated carbocycles. The molecule has 0 unspecified atom stereocenters. The molecule has 2 aromatic rings. The van der Waals surface area contributed by atoms with E-state index < -0.39 is 0 Å². The average Bonchev–Trinajstić information content (AvgIpc) is 3.22. The van der Waals surface area contributed by atoms with Crippen molar-refractivity contribution in [1.82, 2.24) is 4.90 Å². The number of carbonyl (C=O) groups is 1. The van der Waals surface area contributed by atoms with Crippen LogP contribution in [-0.2, 0) is 6.54 Å². The number of phenols is 1. The zero-order valence-electron chi connectivity index (χ0n) is 15.1. The van der Waals surface area contributed by atoms with E-state index in [1.54, 1.807) is 30.5 Å². The van der Waals surface area contributed by atoms with Crippen LogP contribution < -0.4 is 4.74 Å². The Bertz CT molecular complexity index is 859. The van der Waals surface area contributed by atoms with Crippen molar-refractivity contribution in [2.45, 2.75) is 33.2 Å². The van der Waals surface area contributed by atoms with E-state index in [4.69, 9.17) is 9.15 Å². The van der Waals surface area contributed by atoms with E-state index in [2.05, 4.69) is 11.8 Å². The van der Waals surface area contributed by atoms with Crippen molar-refractivity contribution >= 4 is 11.9 Å². The zero-order valence-corrected chi connectivity index (χ0v) is 15.1. The number of piperidine rings is 1. The van der Waals surface area contributed by atoms with E-state index in [0.29, 0.717) is 29.2 Å². The van der Waals surface area contributed by atoms with Gasteiger partial charge in [-0.1, -0.05) is 6.92 Å². The Morgan fingerprint density at radius 3 is 2.81 bits per heavy atom. The molecule has 1 fully saturated rings. The molecule has 26 heavy (non-hydrogen) atoms. The lowest BCUT2D eigenvalue weighted by Gasteiger charge is -2.30. The first-order valence-corrected chi connectivity index (χ1v) is 9.08. The molecule has 2 aliphatic heterocycles. The number of Topliss-reactive ketones (excluding diaryl/α,β-unsaturated/α-hetero) is 1. The standard InChI is InChI=1S/C21H23NO4/c1-13-5-7-22(8-6-13)12-16-17(23)10-14(2)19-20(24)18(26-21(16)19)11-15-4-3-9-25-15/h3-4,9-11,13,23H,5-8,12H2,1-2H3/b18-11-. The highest BCUT2D eigenvalue weighted by atomic mass is 16.5.